The van der Waals surface area contributed by atoms with Gasteiger partial charge in [-0.1, -0.05) is 0 Å². The number of pyridine rings is 1. The van der Waals surface area contributed by atoms with E-state index in [2.05, 4.69) is 26.3 Å². The van der Waals surface area contributed by atoms with Crippen molar-refractivity contribution in [2.75, 3.05) is 5.32 Å². The lowest BCUT2D eigenvalue weighted by molar-refractivity contribution is 1.05. The highest BCUT2D eigenvalue weighted by Crippen LogP contribution is 2.06. The van der Waals surface area contributed by atoms with Crippen molar-refractivity contribution in [2.45, 2.75) is 6.54 Å². The fourth-order valence-corrected chi connectivity index (χ4v) is 1.16. The zero-order valence-electron chi connectivity index (χ0n) is 7.94. The Morgan fingerprint density at radius 2 is 2.47 bits per heavy atom. The number of aromatic nitrogens is 3. The van der Waals surface area contributed by atoms with Gasteiger partial charge in [-0.25, -0.2) is 9.97 Å². The van der Waals surface area contributed by atoms with Gasteiger partial charge in [0.15, 0.2) is 0 Å². The van der Waals surface area contributed by atoms with Crippen molar-refractivity contribution in [1.82, 2.24) is 15.0 Å². The molecule has 5 nitrogen and oxygen atoms in total. The molecular formula is C10H9N5. The van der Waals surface area contributed by atoms with Crippen LogP contribution in [0.15, 0.2) is 30.9 Å². The molecule has 2 N–H and O–H groups in total. The van der Waals surface area contributed by atoms with Crippen LogP contribution in [-0.2, 0) is 6.54 Å². The maximum atomic E-state index is 8.69. The summed E-state index contributed by atoms with van der Waals surface area (Å²) >= 11 is 0. The van der Waals surface area contributed by atoms with Crippen LogP contribution >= 0.6 is 0 Å². The summed E-state index contributed by atoms with van der Waals surface area (Å²) in [6, 6.07) is 5.43. The second kappa shape index (κ2) is 4.24. The van der Waals surface area contributed by atoms with Crippen LogP contribution in [-0.4, -0.2) is 15.0 Å². The van der Waals surface area contributed by atoms with Crippen molar-refractivity contribution in [2.24, 2.45) is 0 Å². The van der Waals surface area contributed by atoms with Crippen molar-refractivity contribution >= 4 is 5.82 Å². The highest BCUT2D eigenvalue weighted by Gasteiger charge is 1.97. The van der Waals surface area contributed by atoms with Gasteiger partial charge in [-0.05, 0) is 12.1 Å². The van der Waals surface area contributed by atoms with Gasteiger partial charge in [0.05, 0.1) is 30.2 Å². The molecular weight excluding hydrogens is 190 g/mol. The molecule has 0 unspecified atom stereocenters. The van der Waals surface area contributed by atoms with Gasteiger partial charge in [-0.15, -0.1) is 0 Å². The smallest absolute Gasteiger partial charge is 0.127 e. The number of imidazole rings is 1. The summed E-state index contributed by atoms with van der Waals surface area (Å²) in [6.45, 7) is 0.613. The van der Waals surface area contributed by atoms with Gasteiger partial charge in [0.25, 0.3) is 0 Å². The van der Waals surface area contributed by atoms with E-state index in [0.29, 0.717) is 17.9 Å². The van der Waals surface area contributed by atoms with Crippen molar-refractivity contribution < 1.29 is 0 Å². The van der Waals surface area contributed by atoms with E-state index in [4.69, 9.17) is 5.26 Å². The molecule has 0 bridgehead atoms. The second-order valence-corrected chi connectivity index (χ2v) is 2.97. The summed E-state index contributed by atoms with van der Waals surface area (Å²) in [5.74, 6) is 0.684. The summed E-state index contributed by atoms with van der Waals surface area (Å²) in [4.78, 5) is 11.0. The number of anilines is 1. The fourth-order valence-electron chi connectivity index (χ4n) is 1.16. The molecule has 0 aliphatic carbocycles. The third-order valence-electron chi connectivity index (χ3n) is 1.90. The van der Waals surface area contributed by atoms with Crippen LogP contribution in [0.5, 0.6) is 0 Å². The highest BCUT2D eigenvalue weighted by atomic mass is 15.0. The van der Waals surface area contributed by atoms with Crippen molar-refractivity contribution in [3.8, 4) is 6.07 Å². The minimum atomic E-state index is 0.595. The lowest BCUT2D eigenvalue weighted by atomic mass is 10.3. The Morgan fingerprint density at radius 1 is 1.53 bits per heavy atom. The Balaban J connectivity index is 2.02. The minimum absolute atomic E-state index is 0.595. The van der Waals surface area contributed by atoms with Gasteiger partial charge in [0.1, 0.15) is 5.82 Å². The van der Waals surface area contributed by atoms with Gasteiger partial charge in [0.2, 0.25) is 0 Å². The van der Waals surface area contributed by atoms with Crippen LogP contribution in [0.1, 0.15) is 11.3 Å². The van der Waals surface area contributed by atoms with E-state index >= 15 is 0 Å². The third-order valence-corrected chi connectivity index (χ3v) is 1.90. The minimum Gasteiger partial charge on any atom is -0.364 e. The average Bonchev–Trinajstić information content (AvgIpc) is 2.79. The molecule has 0 spiro atoms. The molecule has 2 aromatic heterocycles. The molecule has 15 heavy (non-hydrogen) atoms. The first-order valence-corrected chi connectivity index (χ1v) is 4.46. The van der Waals surface area contributed by atoms with Crippen molar-refractivity contribution in [3.05, 3.63) is 42.1 Å². The molecule has 0 saturated heterocycles. The summed E-state index contributed by atoms with van der Waals surface area (Å²) in [5.41, 5.74) is 1.57. The van der Waals surface area contributed by atoms with Crippen LogP contribution in [0.25, 0.3) is 0 Å². The van der Waals surface area contributed by atoms with Gasteiger partial charge in [0, 0.05) is 12.4 Å². The molecule has 0 aromatic carbocycles. The fraction of sp³-hybridized carbons (Fsp3) is 0.100. The zero-order valence-corrected chi connectivity index (χ0v) is 7.94. The molecule has 0 aliphatic rings. The number of aromatic amines is 1. The van der Waals surface area contributed by atoms with Crippen LogP contribution in [0, 0.1) is 11.3 Å². The summed E-state index contributed by atoms with van der Waals surface area (Å²) in [5, 5.41) is 11.8. The molecule has 0 radical (unpaired) electrons. The molecule has 74 valence electrons. The quantitative estimate of drug-likeness (QED) is 0.780. The number of hydrogen-bond acceptors (Lipinski definition) is 4. The normalized spacial score (nSPS) is 9.53. The van der Waals surface area contributed by atoms with Crippen molar-refractivity contribution in [1.29, 1.82) is 5.26 Å². The molecule has 2 rings (SSSR count). The number of nitrogens with one attached hydrogen (secondary N) is 2. The SMILES string of the molecule is N#Cc1ccnc(NCc2cnc[nH]2)c1. The first kappa shape index (κ1) is 9.21. The Bertz CT molecular complexity index is 469. The van der Waals surface area contributed by atoms with E-state index in [0.717, 1.165) is 5.69 Å². The Morgan fingerprint density at radius 3 is 3.20 bits per heavy atom. The predicted molar refractivity (Wildman–Crippen MR) is 54.9 cm³/mol. The molecule has 0 fully saturated rings. The van der Waals surface area contributed by atoms with Crippen LogP contribution in [0.2, 0.25) is 0 Å². The van der Waals surface area contributed by atoms with Gasteiger partial charge in [-0.2, -0.15) is 5.26 Å². The largest absolute Gasteiger partial charge is 0.364 e. The molecule has 2 aromatic rings. The number of rotatable bonds is 3. The monoisotopic (exact) mass is 199 g/mol. The highest BCUT2D eigenvalue weighted by molar-refractivity contribution is 5.42. The zero-order chi connectivity index (χ0) is 10.5. The summed E-state index contributed by atoms with van der Waals surface area (Å²) in [6.07, 6.45) is 4.96. The molecule has 5 heteroatoms. The van der Waals surface area contributed by atoms with E-state index in [9.17, 15) is 0 Å². The van der Waals surface area contributed by atoms with E-state index in [-0.39, 0.29) is 0 Å². The lowest BCUT2D eigenvalue weighted by Gasteiger charge is -2.02. The number of nitriles is 1. The maximum Gasteiger partial charge on any atom is 0.127 e. The number of hydrogen-bond donors (Lipinski definition) is 2. The standard InChI is InChI=1S/C10H9N5/c11-4-8-1-2-13-10(3-8)14-6-9-5-12-7-15-9/h1-3,5,7H,6H2,(H,12,15)(H,13,14). The summed E-state index contributed by atoms with van der Waals surface area (Å²) < 4.78 is 0. The van der Waals surface area contributed by atoms with E-state index in [1.165, 1.54) is 0 Å². The van der Waals surface area contributed by atoms with E-state index < -0.39 is 0 Å². The Kier molecular flexibility index (Phi) is 2.61. The van der Waals surface area contributed by atoms with Gasteiger partial charge >= 0.3 is 0 Å². The first-order chi connectivity index (χ1) is 7.38. The van der Waals surface area contributed by atoms with E-state index in [1.54, 1.807) is 30.9 Å². The van der Waals surface area contributed by atoms with Gasteiger partial charge < -0.3 is 10.3 Å². The third kappa shape index (κ3) is 2.31. The lowest BCUT2D eigenvalue weighted by Crippen LogP contribution is -2.01. The molecule has 0 aliphatic heterocycles. The molecule has 0 amide bonds. The molecule has 0 saturated carbocycles. The first-order valence-electron chi connectivity index (χ1n) is 4.46. The number of nitrogens with zero attached hydrogens (tertiary/aromatic N) is 3. The van der Waals surface area contributed by atoms with Gasteiger partial charge in [-0.3, -0.25) is 0 Å². The number of H-pyrrole nitrogens is 1. The molecule has 2 heterocycles. The molecule has 0 atom stereocenters. The maximum absolute atomic E-state index is 8.69. The van der Waals surface area contributed by atoms with Crippen LogP contribution in [0.4, 0.5) is 5.82 Å². The van der Waals surface area contributed by atoms with Crippen LogP contribution < -0.4 is 5.32 Å². The topological polar surface area (TPSA) is 77.4 Å². The Labute approximate surface area is 86.8 Å². The van der Waals surface area contributed by atoms with E-state index in [1.807, 2.05) is 0 Å². The summed E-state index contributed by atoms with van der Waals surface area (Å²) in [7, 11) is 0. The second-order valence-electron chi connectivity index (χ2n) is 2.97. The predicted octanol–water partition coefficient (Wildman–Crippen LogP) is 1.29. The average molecular weight is 199 g/mol. The Hall–Kier alpha value is -2.35. The van der Waals surface area contributed by atoms with Crippen LogP contribution in [0.3, 0.4) is 0 Å². The van der Waals surface area contributed by atoms with Crippen molar-refractivity contribution in [3.63, 3.8) is 0 Å².